The zero-order valence-corrected chi connectivity index (χ0v) is 12.5. The number of nitrogen functional groups attached to an aromatic ring is 1. The van der Waals surface area contributed by atoms with Crippen LogP contribution in [0.2, 0.25) is 0 Å². The van der Waals surface area contributed by atoms with Gasteiger partial charge in [-0.25, -0.2) is 4.39 Å². The second kappa shape index (κ2) is 5.71. The van der Waals surface area contributed by atoms with E-state index in [2.05, 4.69) is 31.9 Å². The van der Waals surface area contributed by atoms with Crippen LogP contribution in [-0.4, -0.2) is 0 Å². The summed E-state index contributed by atoms with van der Waals surface area (Å²) in [6.45, 7) is 0.253. The van der Waals surface area contributed by atoms with Gasteiger partial charge in [0.25, 0.3) is 0 Å². The van der Waals surface area contributed by atoms with Crippen LogP contribution >= 0.6 is 31.9 Å². The van der Waals surface area contributed by atoms with Crippen LogP contribution in [0.15, 0.2) is 45.3 Å². The molecule has 0 bridgehead atoms. The molecule has 2 aromatic rings. The number of anilines is 1. The van der Waals surface area contributed by atoms with Crippen LogP contribution in [0.3, 0.4) is 0 Å². The Morgan fingerprint density at radius 2 is 1.94 bits per heavy atom. The molecule has 0 aliphatic heterocycles. The maximum Gasteiger partial charge on any atom is 0.156 e. The van der Waals surface area contributed by atoms with E-state index in [1.165, 1.54) is 12.1 Å². The highest BCUT2D eigenvalue weighted by atomic mass is 79.9. The van der Waals surface area contributed by atoms with Gasteiger partial charge in [0.15, 0.2) is 5.75 Å². The summed E-state index contributed by atoms with van der Waals surface area (Å²) in [5.41, 5.74) is 7.08. The van der Waals surface area contributed by atoms with Gasteiger partial charge in [0.05, 0.1) is 10.2 Å². The van der Waals surface area contributed by atoms with Crippen molar-refractivity contribution in [1.29, 1.82) is 0 Å². The van der Waals surface area contributed by atoms with Crippen molar-refractivity contribution in [2.24, 2.45) is 0 Å². The Bertz CT molecular complexity index is 534. The quantitative estimate of drug-likeness (QED) is 0.802. The summed E-state index contributed by atoms with van der Waals surface area (Å²) >= 11 is 6.60. The van der Waals surface area contributed by atoms with Crippen LogP contribution in [-0.2, 0) is 6.61 Å². The first-order chi connectivity index (χ1) is 8.56. The molecule has 0 radical (unpaired) electrons. The topological polar surface area (TPSA) is 35.2 Å². The van der Waals surface area contributed by atoms with Gasteiger partial charge in [-0.2, -0.15) is 0 Å². The Morgan fingerprint density at radius 1 is 1.17 bits per heavy atom. The molecule has 5 heteroatoms. The van der Waals surface area contributed by atoms with Crippen molar-refractivity contribution in [3.05, 3.63) is 56.7 Å². The first-order valence-corrected chi connectivity index (χ1v) is 6.76. The summed E-state index contributed by atoms with van der Waals surface area (Å²) in [4.78, 5) is 0. The van der Waals surface area contributed by atoms with Crippen molar-refractivity contribution in [2.75, 3.05) is 5.73 Å². The van der Waals surface area contributed by atoms with E-state index in [1.54, 1.807) is 12.1 Å². The molecule has 94 valence electrons. The highest BCUT2D eigenvalue weighted by molar-refractivity contribution is 9.10. The summed E-state index contributed by atoms with van der Waals surface area (Å²) in [6, 6.07) is 10.0. The Hall–Kier alpha value is -1.07. The number of rotatable bonds is 3. The fraction of sp³-hybridized carbons (Fsp3) is 0.0769. The average molecular weight is 375 g/mol. The summed E-state index contributed by atoms with van der Waals surface area (Å²) in [7, 11) is 0. The lowest BCUT2D eigenvalue weighted by atomic mass is 10.2. The minimum Gasteiger partial charge on any atom is -0.486 e. The van der Waals surface area contributed by atoms with Crippen LogP contribution in [0, 0.1) is 5.82 Å². The lowest BCUT2D eigenvalue weighted by Gasteiger charge is -2.11. The first kappa shape index (κ1) is 13.4. The largest absolute Gasteiger partial charge is 0.486 e. The lowest BCUT2D eigenvalue weighted by molar-refractivity contribution is 0.305. The van der Waals surface area contributed by atoms with Gasteiger partial charge in [-0.1, -0.05) is 22.0 Å². The summed E-state index contributed by atoms with van der Waals surface area (Å²) in [5, 5.41) is 0. The summed E-state index contributed by atoms with van der Waals surface area (Å²) in [5.74, 6) is 0.265. The highest BCUT2D eigenvalue weighted by Crippen LogP contribution is 2.31. The SMILES string of the molecule is Nc1cccc(Br)c1OCc1cc(F)cc(Br)c1. The molecule has 0 aliphatic rings. The molecule has 2 aromatic carbocycles. The second-order valence-electron chi connectivity index (χ2n) is 3.72. The van der Waals surface area contributed by atoms with Gasteiger partial charge in [-0.05, 0) is 51.8 Å². The standard InChI is InChI=1S/C13H10Br2FNO/c14-9-4-8(5-10(16)6-9)7-18-13-11(15)2-1-3-12(13)17/h1-6H,7,17H2. The van der Waals surface area contributed by atoms with Crippen molar-refractivity contribution in [3.8, 4) is 5.75 Å². The molecule has 0 heterocycles. The van der Waals surface area contributed by atoms with E-state index in [9.17, 15) is 4.39 Å². The number of benzene rings is 2. The van der Waals surface area contributed by atoms with E-state index in [0.717, 1.165) is 10.0 Å². The minimum atomic E-state index is -0.303. The van der Waals surface area contributed by atoms with Gasteiger partial charge in [-0.3, -0.25) is 0 Å². The average Bonchev–Trinajstić information content (AvgIpc) is 2.27. The smallest absolute Gasteiger partial charge is 0.156 e. The Balaban J connectivity index is 2.16. The fourth-order valence-corrected chi connectivity index (χ4v) is 2.54. The van der Waals surface area contributed by atoms with Crippen molar-refractivity contribution in [1.82, 2.24) is 0 Å². The molecule has 2 nitrogen and oxygen atoms in total. The predicted molar refractivity (Wildman–Crippen MR) is 77.0 cm³/mol. The van der Waals surface area contributed by atoms with Crippen molar-refractivity contribution >= 4 is 37.5 Å². The normalized spacial score (nSPS) is 10.4. The molecule has 0 saturated heterocycles. The highest BCUT2D eigenvalue weighted by Gasteiger charge is 2.06. The lowest BCUT2D eigenvalue weighted by Crippen LogP contribution is -2.00. The Kier molecular flexibility index (Phi) is 4.24. The van der Waals surface area contributed by atoms with Crippen molar-refractivity contribution in [3.63, 3.8) is 0 Å². The van der Waals surface area contributed by atoms with E-state index in [-0.39, 0.29) is 12.4 Å². The molecule has 0 spiro atoms. The van der Waals surface area contributed by atoms with E-state index in [0.29, 0.717) is 15.9 Å². The van der Waals surface area contributed by atoms with Crippen LogP contribution in [0.1, 0.15) is 5.56 Å². The Labute approximate surface area is 121 Å². The number of ether oxygens (including phenoxy) is 1. The van der Waals surface area contributed by atoms with Crippen LogP contribution < -0.4 is 10.5 Å². The van der Waals surface area contributed by atoms with Gasteiger partial charge in [-0.15, -0.1) is 0 Å². The van der Waals surface area contributed by atoms with E-state index >= 15 is 0 Å². The van der Waals surface area contributed by atoms with Gasteiger partial charge in [0, 0.05) is 4.47 Å². The number of halogens is 3. The third-order valence-electron chi connectivity index (χ3n) is 2.30. The molecule has 0 aliphatic carbocycles. The zero-order valence-electron chi connectivity index (χ0n) is 9.29. The fourth-order valence-electron chi connectivity index (χ4n) is 1.53. The predicted octanol–water partition coefficient (Wildman–Crippen LogP) is 4.51. The second-order valence-corrected chi connectivity index (χ2v) is 5.49. The third kappa shape index (κ3) is 3.23. The van der Waals surface area contributed by atoms with E-state index < -0.39 is 0 Å². The molecular formula is C13H10Br2FNO. The molecule has 0 saturated carbocycles. The van der Waals surface area contributed by atoms with Crippen LogP contribution in [0.25, 0.3) is 0 Å². The van der Waals surface area contributed by atoms with Gasteiger partial charge < -0.3 is 10.5 Å². The van der Waals surface area contributed by atoms with Crippen molar-refractivity contribution in [2.45, 2.75) is 6.61 Å². The zero-order chi connectivity index (χ0) is 13.1. The summed E-state index contributed by atoms with van der Waals surface area (Å²) < 4.78 is 20.3. The number of hydrogen-bond donors (Lipinski definition) is 1. The molecule has 0 unspecified atom stereocenters. The number of para-hydroxylation sites is 1. The summed E-state index contributed by atoms with van der Waals surface area (Å²) in [6.07, 6.45) is 0. The maximum atomic E-state index is 13.2. The molecule has 2 rings (SSSR count). The van der Waals surface area contributed by atoms with E-state index in [1.807, 2.05) is 12.1 Å². The maximum absolute atomic E-state index is 13.2. The van der Waals surface area contributed by atoms with Crippen molar-refractivity contribution < 1.29 is 9.13 Å². The van der Waals surface area contributed by atoms with Gasteiger partial charge in [0.2, 0.25) is 0 Å². The monoisotopic (exact) mass is 373 g/mol. The van der Waals surface area contributed by atoms with Crippen LogP contribution in [0.4, 0.5) is 10.1 Å². The van der Waals surface area contributed by atoms with Gasteiger partial charge >= 0.3 is 0 Å². The van der Waals surface area contributed by atoms with Crippen LogP contribution in [0.5, 0.6) is 5.75 Å². The van der Waals surface area contributed by atoms with E-state index in [4.69, 9.17) is 10.5 Å². The molecule has 18 heavy (non-hydrogen) atoms. The number of nitrogens with two attached hydrogens (primary N) is 1. The third-order valence-corrected chi connectivity index (χ3v) is 3.39. The first-order valence-electron chi connectivity index (χ1n) is 5.18. The number of hydrogen-bond acceptors (Lipinski definition) is 2. The Morgan fingerprint density at radius 3 is 2.61 bits per heavy atom. The minimum absolute atomic E-state index is 0.253. The molecule has 2 N–H and O–H groups in total. The molecule has 0 fully saturated rings. The van der Waals surface area contributed by atoms with Gasteiger partial charge in [0.1, 0.15) is 12.4 Å². The molecule has 0 aromatic heterocycles. The molecular weight excluding hydrogens is 365 g/mol. The molecule has 0 atom stereocenters. The molecule has 0 amide bonds.